The molecule has 8 heteroatoms. The van der Waals surface area contributed by atoms with Crippen molar-refractivity contribution in [1.82, 2.24) is 9.88 Å². The molecule has 0 amide bonds. The minimum Gasteiger partial charge on any atom is -0.497 e. The van der Waals surface area contributed by atoms with E-state index in [0.717, 1.165) is 37.7 Å². The van der Waals surface area contributed by atoms with Gasteiger partial charge in [0.1, 0.15) is 11.6 Å². The number of nitrogens with one attached hydrogen (secondary N) is 1. The third-order valence-corrected chi connectivity index (χ3v) is 4.24. The Balaban J connectivity index is 1.86. The highest BCUT2D eigenvalue weighted by Gasteiger charge is 2.21. The SMILES string of the molecule is COc1ccc(Nc2nc(N3CCN(C)CC3)ccc2[N+](=O)[O-])cc1. The molecule has 0 unspecified atom stereocenters. The second-order valence-corrected chi connectivity index (χ2v) is 5.94. The molecule has 8 nitrogen and oxygen atoms in total. The third-order valence-electron chi connectivity index (χ3n) is 4.24. The maximum atomic E-state index is 11.3. The van der Waals surface area contributed by atoms with Gasteiger partial charge in [-0.15, -0.1) is 0 Å². The van der Waals surface area contributed by atoms with E-state index in [4.69, 9.17) is 4.74 Å². The lowest BCUT2D eigenvalue weighted by Crippen LogP contribution is -2.44. The lowest BCUT2D eigenvalue weighted by Gasteiger charge is -2.33. The maximum absolute atomic E-state index is 11.3. The van der Waals surface area contributed by atoms with Crippen LogP contribution in [-0.4, -0.2) is 55.1 Å². The lowest BCUT2D eigenvalue weighted by molar-refractivity contribution is -0.384. The molecule has 25 heavy (non-hydrogen) atoms. The Bertz CT molecular complexity index is 742. The van der Waals surface area contributed by atoms with Gasteiger partial charge in [0.15, 0.2) is 0 Å². The first-order valence-corrected chi connectivity index (χ1v) is 8.07. The predicted molar refractivity (Wildman–Crippen MR) is 96.9 cm³/mol. The van der Waals surface area contributed by atoms with Gasteiger partial charge in [-0.05, 0) is 37.4 Å². The number of aromatic nitrogens is 1. The highest BCUT2D eigenvalue weighted by molar-refractivity contribution is 5.68. The summed E-state index contributed by atoms with van der Waals surface area (Å²) in [7, 11) is 3.67. The molecule has 1 aromatic heterocycles. The topological polar surface area (TPSA) is 83.8 Å². The summed E-state index contributed by atoms with van der Waals surface area (Å²) in [4.78, 5) is 19.8. The van der Waals surface area contributed by atoms with Crippen molar-refractivity contribution >= 4 is 23.0 Å². The van der Waals surface area contributed by atoms with Crippen LogP contribution in [0.15, 0.2) is 36.4 Å². The molecule has 1 N–H and O–H groups in total. The Morgan fingerprint density at radius 1 is 1.12 bits per heavy atom. The van der Waals surface area contributed by atoms with Crippen LogP contribution in [0.5, 0.6) is 5.75 Å². The summed E-state index contributed by atoms with van der Waals surface area (Å²) in [5.41, 5.74) is 0.667. The fourth-order valence-corrected chi connectivity index (χ4v) is 2.70. The van der Waals surface area contributed by atoms with E-state index >= 15 is 0 Å². The van der Waals surface area contributed by atoms with Crippen LogP contribution in [0.4, 0.5) is 23.0 Å². The van der Waals surface area contributed by atoms with Crippen LogP contribution in [-0.2, 0) is 0 Å². The van der Waals surface area contributed by atoms with Gasteiger partial charge in [-0.3, -0.25) is 10.1 Å². The Hall–Kier alpha value is -2.87. The zero-order valence-corrected chi connectivity index (χ0v) is 14.3. The van der Waals surface area contributed by atoms with Crippen LogP contribution >= 0.6 is 0 Å². The molecule has 1 aliphatic heterocycles. The largest absolute Gasteiger partial charge is 0.497 e. The van der Waals surface area contributed by atoms with E-state index in [0.29, 0.717) is 5.69 Å². The van der Waals surface area contributed by atoms with Crippen molar-refractivity contribution in [3.05, 3.63) is 46.5 Å². The van der Waals surface area contributed by atoms with Crippen molar-refractivity contribution in [2.45, 2.75) is 0 Å². The molecule has 1 saturated heterocycles. The van der Waals surface area contributed by atoms with Gasteiger partial charge in [0.05, 0.1) is 12.0 Å². The highest BCUT2D eigenvalue weighted by Crippen LogP contribution is 2.29. The fourth-order valence-electron chi connectivity index (χ4n) is 2.70. The van der Waals surface area contributed by atoms with E-state index in [9.17, 15) is 10.1 Å². The minimum atomic E-state index is -0.424. The average Bonchev–Trinajstić information content (AvgIpc) is 2.63. The van der Waals surface area contributed by atoms with Crippen molar-refractivity contribution < 1.29 is 9.66 Å². The monoisotopic (exact) mass is 343 g/mol. The van der Waals surface area contributed by atoms with Crippen molar-refractivity contribution in [2.75, 3.05) is 50.6 Å². The molecule has 0 saturated carbocycles. The Morgan fingerprint density at radius 3 is 2.40 bits per heavy atom. The number of likely N-dealkylation sites (N-methyl/N-ethyl adjacent to an activating group) is 1. The molecule has 0 spiro atoms. The Kier molecular flexibility index (Phi) is 4.99. The molecular weight excluding hydrogens is 322 g/mol. The van der Waals surface area contributed by atoms with Gasteiger partial charge in [0.25, 0.3) is 0 Å². The van der Waals surface area contributed by atoms with E-state index in [1.54, 1.807) is 37.4 Å². The second-order valence-electron chi connectivity index (χ2n) is 5.94. The number of rotatable bonds is 5. The molecule has 1 aliphatic rings. The fraction of sp³-hybridized carbons (Fsp3) is 0.353. The Morgan fingerprint density at radius 2 is 1.80 bits per heavy atom. The summed E-state index contributed by atoms with van der Waals surface area (Å²) in [6.45, 7) is 3.59. The summed E-state index contributed by atoms with van der Waals surface area (Å²) in [6, 6.07) is 10.4. The first-order chi connectivity index (χ1) is 12.1. The smallest absolute Gasteiger partial charge is 0.311 e. The number of hydrogen-bond acceptors (Lipinski definition) is 7. The minimum absolute atomic E-state index is 0.0475. The number of anilines is 3. The lowest BCUT2D eigenvalue weighted by atomic mass is 10.2. The summed E-state index contributed by atoms with van der Waals surface area (Å²) in [6.07, 6.45) is 0. The molecule has 0 atom stereocenters. The van der Waals surface area contributed by atoms with Crippen LogP contribution in [0.3, 0.4) is 0 Å². The standard InChI is InChI=1S/C17H21N5O3/c1-20-9-11-21(12-10-20)16-8-7-15(22(23)24)17(19-16)18-13-3-5-14(25-2)6-4-13/h3-8H,9-12H2,1-2H3,(H,18,19). The highest BCUT2D eigenvalue weighted by atomic mass is 16.6. The van der Waals surface area contributed by atoms with Gasteiger partial charge < -0.3 is 19.9 Å². The van der Waals surface area contributed by atoms with Crippen molar-refractivity contribution in [3.8, 4) is 5.75 Å². The van der Waals surface area contributed by atoms with Crippen molar-refractivity contribution in [1.29, 1.82) is 0 Å². The first kappa shape index (κ1) is 17.0. The van der Waals surface area contributed by atoms with Crippen molar-refractivity contribution in [3.63, 3.8) is 0 Å². The van der Waals surface area contributed by atoms with Crippen molar-refractivity contribution in [2.24, 2.45) is 0 Å². The van der Waals surface area contributed by atoms with Gasteiger partial charge in [0.2, 0.25) is 5.82 Å². The molecular formula is C17H21N5O3. The van der Waals surface area contributed by atoms with Gasteiger partial charge in [-0.2, -0.15) is 0 Å². The zero-order chi connectivity index (χ0) is 17.8. The Labute approximate surface area is 146 Å². The molecule has 2 heterocycles. The summed E-state index contributed by atoms with van der Waals surface area (Å²) >= 11 is 0. The molecule has 132 valence electrons. The molecule has 3 rings (SSSR count). The van der Waals surface area contributed by atoms with Gasteiger partial charge in [-0.25, -0.2) is 4.98 Å². The van der Waals surface area contributed by atoms with Crippen LogP contribution in [0.2, 0.25) is 0 Å². The van der Waals surface area contributed by atoms with Gasteiger partial charge in [-0.1, -0.05) is 0 Å². The molecule has 2 aromatic rings. The normalized spacial score (nSPS) is 15.0. The van der Waals surface area contributed by atoms with Crippen LogP contribution in [0.25, 0.3) is 0 Å². The number of pyridine rings is 1. The number of piperazine rings is 1. The number of hydrogen-bond donors (Lipinski definition) is 1. The van der Waals surface area contributed by atoms with Gasteiger partial charge >= 0.3 is 5.69 Å². The molecule has 1 aromatic carbocycles. The zero-order valence-electron chi connectivity index (χ0n) is 14.3. The van der Waals surface area contributed by atoms with E-state index < -0.39 is 4.92 Å². The number of benzene rings is 1. The van der Waals surface area contributed by atoms with Crippen LogP contribution < -0.4 is 15.0 Å². The molecule has 0 aliphatic carbocycles. The van der Waals surface area contributed by atoms with Gasteiger partial charge in [0, 0.05) is 37.9 Å². The number of methoxy groups -OCH3 is 1. The predicted octanol–water partition coefficient (Wildman–Crippen LogP) is 2.49. The number of nitro groups is 1. The average molecular weight is 343 g/mol. The quantitative estimate of drug-likeness (QED) is 0.659. The van der Waals surface area contributed by atoms with Crippen LogP contribution in [0, 0.1) is 10.1 Å². The van der Waals surface area contributed by atoms with E-state index in [2.05, 4.69) is 27.1 Å². The molecule has 0 bridgehead atoms. The maximum Gasteiger partial charge on any atom is 0.311 e. The van der Waals surface area contributed by atoms with Crippen LogP contribution in [0.1, 0.15) is 0 Å². The van der Waals surface area contributed by atoms with E-state index in [-0.39, 0.29) is 11.5 Å². The molecule has 0 radical (unpaired) electrons. The van der Waals surface area contributed by atoms with E-state index in [1.807, 2.05) is 0 Å². The summed E-state index contributed by atoms with van der Waals surface area (Å²) in [5.74, 6) is 1.71. The summed E-state index contributed by atoms with van der Waals surface area (Å²) in [5, 5.41) is 14.4. The number of nitrogens with zero attached hydrogens (tertiary/aromatic N) is 4. The van der Waals surface area contributed by atoms with E-state index in [1.165, 1.54) is 6.07 Å². The molecule has 1 fully saturated rings. The summed E-state index contributed by atoms with van der Waals surface area (Å²) < 4.78 is 5.13. The first-order valence-electron chi connectivity index (χ1n) is 8.07. The number of ether oxygens (including phenoxy) is 1. The third kappa shape index (κ3) is 3.97. The second kappa shape index (κ2) is 7.35.